The standard InChI is InChI=1S/C25H20N4O4S/c1-31-19-10-11-20(32-2)23-22(19)27-25(34-23)29(15-16-7-6-12-26-14-16)24(30)18-13-21(33-28-18)17-8-4-3-5-9-17/h3-14H,15H2,1-2H3. The van der Waals surface area contributed by atoms with E-state index < -0.39 is 0 Å². The highest BCUT2D eigenvalue weighted by Gasteiger charge is 2.26. The zero-order valence-electron chi connectivity index (χ0n) is 18.5. The molecule has 0 spiro atoms. The SMILES string of the molecule is COc1ccc(OC)c2sc(N(Cc3cccnc3)C(=O)c3cc(-c4ccccc4)on3)nc12. The molecule has 3 heterocycles. The predicted molar refractivity (Wildman–Crippen MR) is 129 cm³/mol. The van der Waals surface area contributed by atoms with E-state index in [4.69, 9.17) is 19.0 Å². The molecular formula is C25H20N4O4S. The minimum atomic E-state index is -0.341. The Morgan fingerprint density at radius 1 is 1.03 bits per heavy atom. The molecule has 170 valence electrons. The number of nitrogens with zero attached hydrogens (tertiary/aromatic N) is 4. The van der Waals surface area contributed by atoms with Gasteiger partial charge in [0.05, 0.1) is 20.8 Å². The molecule has 0 radical (unpaired) electrons. The van der Waals surface area contributed by atoms with Crippen LogP contribution < -0.4 is 14.4 Å². The number of rotatable bonds is 7. The largest absolute Gasteiger partial charge is 0.495 e. The average Bonchev–Trinajstić information content (AvgIpc) is 3.56. The van der Waals surface area contributed by atoms with Crippen molar-refractivity contribution >= 4 is 32.6 Å². The summed E-state index contributed by atoms with van der Waals surface area (Å²) in [7, 11) is 3.18. The van der Waals surface area contributed by atoms with Crippen LogP contribution in [0.5, 0.6) is 11.5 Å². The minimum Gasteiger partial charge on any atom is -0.495 e. The summed E-state index contributed by atoms with van der Waals surface area (Å²) < 4.78 is 17.2. The van der Waals surface area contributed by atoms with Gasteiger partial charge in [0.25, 0.3) is 5.91 Å². The number of pyridine rings is 1. The molecule has 8 nitrogen and oxygen atoms in total. The van der Waals surface area contributed by atoms with Gasteiger partial charge in [0.15, 0.2) is 16.6 Å². The van der Waals surface area contributed by atoms with Crippen molar-refractivity contribution in [2.45, 2.75) is 6.54 Å². The van der Waals surface area contributed by atoms with Crippen molar-refractivity contribution in [1.29, 1.82) is 0 Å². The Morgan fingerprint density at radius 2 is 1.82 bits per heavy atom. The molecule has 0 atom stereocenters. The first-order valence-electron chi connectivity index (χ1n) is 10.4. The highest BCUT2D eigenvalue weighted by molar-refractivity contribution is 7.22. The quantitative estimate of drug-likeness (QED) is 0.321. The fraction of sp³-hybridized carbons (Fsp3) is 0.120. The number of hydrogen-bond acceptors (Lipinski definition) is 8. The van der Waals surface area contributed by atoms with Crippen LogP contribution in [0, 0.1) is 0 Å². The third-order valence-corrected chi connectivity index (χ3v) is 6.32. The zero-order chi connectivity index (χ0) is 23.5. The lowest BCUT2D eigenvalue weighted by molar-refractivity contribution is 0.0976. The molecule has 9 heteroatoms. The first-order chi connectivity index (χ1) is 16.7. The number of amides is 1. The summed E-state index contributed by atoms with van der Waals surface area (Å²) in [6.45, 7) is 0.255. The van der Waals surface area contributed by atoms with Gasteiger partial charge in [-0.2, -0.15) is 0 Å². The maximum Gasteiger partial charge on any atom is 0.282 e. The first-order valence-corrected chi connectivity index (χ1v) is 11.2. The zero-order valence-corrected chi connectivity index (χ0v) is 19.3. The lowest BCUT2D eigenvalue weighted by Crippen LogP contribution is -2.30. The van der Waals surface area contributed by atoms with E-state index in [2.05, 4.69) is 10.1 Å². The minimum absolute atomic E-state index is 0.181. The van der Waals surface area contributed by atoms with E-state index in [1.807, 2.05) is 48.5 Å². The van der Waals surface area contributed by atoms with E-state index in [1.165, 1.54) is 11.3 Å². The molecule has 5 aromatic rings. The number of hydrogen-bond donors (Lipinski definition) is 0. The monoisotopic (exact) mass is 472 g/mol. The predicted octanol–water partition coefficient (Wildman–Crippen LogP) is 5.21. The number of methoxy groups -OCH3 is 2. The van der Waals surface area contributed by atoms with Crippen LogP contribution in [0.4, 0.5) is 5.13 Å². The summed E-state index contributed by atoms with van der Waals surface area (Å²) in [6.07, 6.45) is 3.40. The van der Waals surface area contributed by atoms with Gasteiger partial charge in [-0.05, 0) is 23.8 Å². The van der Waals surface area contributed by atoms with Gasteiger partial charge in [-0.1, -0.05) is 52.9 Å². The van der Waals surface area contributed by atoms with Gasteiger partial charge >= 0.3 is 0 Å². The van der Waals surface area contributed by atoms with Gasteiger partial charge in [-0.25, -0.2) is 4.98 Å². The third-order valence-electron chi connectivity index (χ3n) is 5.23. The van der Waals surface area contributed by atoms with Crippen LogP contribution in [-0.2, 0) is 6.54 Å². The molecule has 0 unspecified atom stereocenters. The molecule has 0 N–H and O–H groups in total. The van der Waals surface area contributed by atoms with E-state index in [0.29, 0.717) is 27.9 Å². The molecule has 0 bridgehead atoms. The highest BCUT2D eigenvalue weighted by Crippen LogP contribution is 2.40. The van der Waals surface area contributed by atoms with Gasteiger partial charge in [0, 0.05) is 24.0 Å². The second-order valence-corrected chi connectivity index (χ2v) is 8.32. The van der Waals surface area contributed by atoms with Crippen LogP contribution in [0.15, 0.2) is 77.6 Å². The number of carbonyl (C=O) groups excluding carboxylic acids is 1. The van der Waals surface area contributed by atoms with Crippen molar-refractivity contribution in [2.75, 3.05) is 19.1 Å². The Kier molecular flexibility index (Phi) is 5.92. The van der Waals surface area contributed by atoms with Gasteiger partial charge in [-0.15, -0.1) is 0 Å². The van der Waals surface area contributed by atoms with Crippen LogP contribution in [0.25, 0.3) is 21.5 Å². The Hall–Kier alpha value is -4.24. The molecule has 0 saturated carbocycles. The second-order valence-electron chi connectivity index (χ2n) is 7.34. The Bertz CT molecular complexity index is 1390. The smallest absolute Gasteiger partial charge is 0.282 e. The fourth-order valence-electron chi connectivity index (χ4n) is 3.54. The second kappa shape index (κ2) is 9.32. The van der Waals surface area contributed by atoms with Gasteiger partial charge in [0.2, 0.25) is 0 Å². The summed E-state index contributed by atoms with van der Waals surface area (Å²) in [5.41, 5.74) is 2.49. The van der Waals surface area contributed by atoms with Gasteiger partial charge in [0.1, 0.15) is 21.7 Å². The van der Waals surface area contributed by atoms with Gasteiger partial charge in [-0.3, -0.25) is 14.7 Å². The molecule has 0 aliphatic heterocycles. The van der Waals surface area contributed by atoms with E-state index in [9.17, 15) is 4.79 Å². The average molecular weight is 473 g/mol. The lowest BCUT2D eigenvalue weighted by atomic mass is 10.1. The summed E-state index contributed by atoms with van der Waals surface area (Å²) in [6, 6.07) is 18.5. The number of benzene rings is 2. The number of carbonyl (C=O) groups is 1. The van der Waals surface area contributed by atoms with E-state index in [1.54, 1.807) is 43.6 Å². The van der Waals surface area contributed by atoms with Crippen molar-refractivity contribution in [2.24, 2.45) is 0 Å². The molecule has 5 rings (SSSR count). The topological polar surface area (TPSA) is 90.6 Å². The highest BCUT2D eigenvalue weighted by atomic mass is 32.1. The number of thiazole rings is 1. The first kappa shape index (κ1) is 21.6. The Balaban J connectivity index is 1.58. The molecule has 2 aromatic carbocycles. The number of ether oxygens (including phenoxy) is 2. The molecule has 0 aliphatic rings. The van der Waals surface area contributed by atoms with E-state index >= 15 is 0 Å². The van der Waals surface area contributed by atoms with Crippen LogP contribution in [-0.4, -0.2) is 35.3 Å². The molecule has 0 aliphatic carbocycles. The number of anilines is 1. The molecule has 0 fully saturated rings. The summed E-state index contributed by atoms with van der Waals surface area (Å²) in [5, 5.41) is 4.53. The summed E-state index contributed by atoms with van der Waals surface area (Å²) in [5.74, 6) is 1.42. The van der Waals surface area contributed by atoms with Crippen LogP contribution >= 0.6 is 11.3 Å². The van der Waals surface area contributed by atoms with Gasteiger partial charge < -0.3 is 14.0 Å². The van der Waals surface area contributed by atoms with Crippen molar-refractivity contribution in [3.05, 3.63) is 84.3 Å². The molecule has 3 aromatic heterocycles. The normalized spacial score (nSPS) is 10.9. The Labute approximate surface area is 199 Å². The Morgan fingerprint density at radius 3 is 2.56 bits per heavy atom. The summed E-state index contributed by atoms with van der Waals surface area (Å²) in [4.78, 5) is 24.1. The molecular weight excluding hydrogens is 452 g/mol. The molecule has 1 amide bonds. The van der Waals surface area contributed by atoms with Crippen molar-refractivity contribution < 1.29 is 18.8 Å². The molecule has 34 heavy (non-hydrogen) atoms. The van der Waals surface area contributed by atoms with E-state index in [0.717, 1.165) is 15.8 Å². The van der Waals surface area contributed by atoms with Crippen molar-refractivity contribution in [1.82, 2.24) is 15.1 Å². The fourth-order valence-corrected chi connectivity index (χ4v) is 4.62. The van der Waals surface area contributed by atoms with E-state index in [-0.39, 0.29) is 18.1 Å². The van der Waals surface area contributed by atoms with Crippen LogP contribution in [0.3, 0.4) is 0 Å². The maximum absolute atomic E-state index is 13.7. The number of fused-ring (bicyclic) bond motifs is 1. The molecule has 0 saturated heterocycles. The summed E-state index contributed by atoms with van der Waals surface area (Å²) >= 11 is 1.34. The lowest BCUT2D eigenvalue weighted by Gasteiger charge is -2.18. The number of aromatic nitrogens is 3. The van der Waals surface area contributed by atoms with Crippen molar-refractivity contribution in [3.8, 4) is 22.8 Å². The third kappa shape index (κ3) is 4.08. The van der Waals surface area contributed by atoms with Crippen LogP contribution in [0.1, 0.15) is 16.1 Å². The van der Waals surface area contributed by atoms with Crippen molar-refractivity contribution in [3.63, 3.8) is 0 Å². The maximum atomic E-state index is 13.7. The van der Waals surface area contributed by atoms with Crippen LogP contribution in [0.2, 0.25) is 0 Å².